The molecule has 6 heteroatoms. The molecule has 1 saturated heterocycles. The Bertz CT molecular complexity index is 410. The molecule has 1 fully saturated rings. The van der Waals surface area contributed by atoms with Crippen molar-refractivity contribution in [1.82, 2.24) is 4.31 Å². The van der Waals surface area contributed by atoms with Gasteiger partial charge in [-0.15, -0.1) is 0 Å². The van der Waals surface area contributed by atoms with Crippen LogP contribution in [0.4, 0.5) is 8.78 Å². The maximum atomic E-state index is 13.0. The molecule has 0 aromatic heterocycles. The van der Waals surface area contributed by atoms with E-state index in [2.05, 4.69) is 15.9 Å². The number of nitrogens with zero attached hydrogens (tertiary/aromatic N) is 1. The van der Waals surface area contributed by atoms with Crippen LogP contribution in [0.3, 0.4) is 0 Å². The van der Waals surface area contributed by atoms with Gasteiger partial charge in [0.1, 0.15) is 11.0 Å². The zero-order valence-electron chi connectivity index (χ0n) is 8.33. The molecule has 0 radical (unpaired) electrons. The molecule has 1 aromatic carbocycles. The lowest BCUT2D eigenvalue weighted by molar-refractivity contribution is 0.0187. The third kappa shape index (κ3) is 2.67. The van der Waals surface area contributed by atoms with Crippen molar-refractivity contribution in [3.8, 4) is 0 Å². The molecule has 1 unspecified atom stereocenters. The largest absolute Gasteiger partial charge is 0.262 e. The monoisotopic (exact) mass is 309 g/mol. The topological polar surface area (TPSA) is 20.3 Å². The molecule has 2 rings (SSSR count). The average Bonchev–Trinajstić information content (AvgIpc) is 2.59. The van der Waals surface area contributed by atoms with Gasteiger partial charge in [-0.05, 0) is 24.3 Å². The van der Waals surface area contributed by atoms with E-state index in [1.165, 1.54) is 4.31 Å². The Kier molecular flexibility index (Phi) is 3.42. The van der Waals surface area contributed by atoms with Gasteiger partial charge in [-0.25, -0.2) is 17.3 Å². The van der Waals surface area contributed by atoms with Crippen molar-refractivity contribution in [2.75, 3.05) is 13.1 Å². The van der Waals surface area contributed by atoms with Crippen LogP contribution in [0, 0.1) is 0 Å². The van der Waals surface area contributed by atoms with E-state index >= 15 is 0 Å². The Morgan fingerprint density at radius 2 is 1.94 bits per heavy atom. The van der Waals surface area contributed by atoms with Gasteiger partial charge in [0.25, 0.3) is 5.92 Å². The summed E-state index contributed by atoms with van der Waals surface area (Å²) in [6, 6.07) is 6.86. The molecule has 0 bridgehead atoms. The smallest absolute Gasteiger partial charge is 0.237 e. The van der Waals surface area contributed by atoms with Crippen LogP contribution in [0.25, 0.3) is 0 Å². The first kappa shape index (κ1) is 12.1. The summed E-state index contributed by atoms with van der Waals surface area (Å²) in [6.07, 6.45) is -0.213. The van der Waals surface area contributed by atoms with E-state index in [1.807, 2.05) is 0 Å². The van der Waals surface area contributed by atoms with Gasteiger partial charge in [0.15, 0.2) is 0 Å². The van der Waals surface area contributed by atoms with Gasteiger partial charge in [-0.2, -0.15) is 0 Å². The third-order valence-electron chi connectivity index (χ3n) is 2.38. The SMILES string of the molecule is O=S(c1ccc(Br)cc1)N1CCC(F)(F)C1. The van der Waals surface area contributed by atoms with Gasteiger partial charge in [-0.3, -0.25) is 0 Å². The van der Waals surface area contributed by atoms with Gasteiger partial charge in [-0.1, -0.05) is 15.9 Å². The molecular formula is C10H10BrF2NOS. The number of hydrogen-bond acceptors (Lipinski definition) is 1. The fourth-order valence-electron chi connectivity index (χ4n) is 1.55. The summed E-state index contributed by atoms with van der Waals surface area (Å²) < 4.78 is 40.0. The van der Waals surface area contributed by atoms with E-state index in [1.54, 1.807) is 24.3 Å². The first-order chi connectivity index (χ1) is 7.48. The average molecular weight is 310 g/mol. The number of hydrogen-bond donors (Lipinski definition) is 0. The maximum absolute atomic E-state index is 13.0. The normalized spacial score (nSPS) is 22.2. The summed E-state index contributed by atoms with van der Waals surface area (Å²) >= 11 is 3.26. The molecule has 0 amide bonds. The summed E-state index contributed by atoms with van der Waals surface area (Å²) in [5.74, 6) is -2.70. The Hall–Kier alpha value is -0.330. The number of halogens is 3. The Morgan fingerprint density at radius 3 is 2.44 bits per heavy atom. The first-order valence-electron chi connectivity index (χ1n) is 4.78. The highest BCUT2D eigenvalue weighted by molar-refractivity contribution is 9.10. The van der Waals surface area contributed by atoms with E-state index in [4.69, 9.17) is 0 Å². The van der Waals surface area contributed by atoms with Crippen LogP contribution in [0.1, 0.15) is 6.42 Å². The Morgan fingerprint density at radius 1 is 1.31 bits per heavy atom. The molecule has 1 atom stereocenters. The van der Waals surface area contributed by atoms with Crippen LogP contribution in [-0.2, 0) is 11.0 Å². The minimum atomic E-state index is -2.70. The highest BCUT2D eigenvalue weighted by atomic mass is 79.9. The molecule has 16 heavy (non-hydrogen) atoms. The van der Waals surface area contributed by atoms with Crippen molar-refractivity contribution in [1.29, 1.82) is 0 Å². The van der Waals surface area contributed by atoms with E-state index < -0.39 is 23.5 Å². The van der Waals surface area contributed by atoms with Crippen LogP contribution in [-0.4, -0.2) is 27.5 Å². The number of benzene rings is 1. The van der Waals surface area contributed by atoms with Crippen molar-refractivity contribution in [3.05, 3.63) is 28.7 Å². The first-order valence-corrected chi connectivity index (χ1v) is 6.68. The molecule has 1 aromatic rings. The molecule has 0 aliphatic carbocycles. The zero-order valence-corrected chi connectivity index (χ0v) is 10.7. The second-order valence-electron chi connectivity index (χ2n) is 3.67. The van der Waals surface area contributed by atoms with Crippen molar-refractivity contribution in [2.24, 2.45) is 0 Å². The van der Waals surface area contributed by atoms with Crippen LogP contribution in [0.15, 0.2) is 33.6 Å². The summed E-state index contributed by atoms with van der Waals surface area (Å²) in [5.41, 5.74) is 0. The van der Waals surface area contributed by atoms with Crippen LogP contribution < -0.4 is 0 Å². The summed E-state index contributed by atoms with van der Waals surface area (Å²) in [7, 11) is -1.48. The molecule has 0 N–H and O–H groups in total. The highest BCUT2D eigenvalue weighted by Gasteiger charge is 2.40. The standard InChI is InChI=1S/C10H10BrF2NOS/c11-8-1-3-9(4-2-8)16(15)14-6-5-10(12,13)7-14/h1-4H,5-7H2. The fraction of sp³-hybridized carbons (Fsp3) is 0.400. The second-order valence-corrected chi connectivity index (χ2v) is 6.07. The van der Waals surface area contributed by atoms with Crippen molar-refractivity contribution in [2.45, 2.75) is 17.2 Å². The van der Waals surface area contributed by atoms with E-state index in [0.29, 0.717) is 4.90 Å². The van der Waals surface area contributed by atoms with Gasteiger partial charge in [0.2, 0.25) is 0 Å². The van der Waals surface area contributed by atoms with Crippen molar-refractivity contribution >= 4 is 26.9 Å². The molecule has 1 aliphatic heterocycles. The second kappa shape index (κ2) is 4.50. The molecular weight excluding hydrogens is 300 g/mol. The predicted molar refractivity (Wildman–Crippen MR) is 61.7 cm³/mol. The molecule has 0 spiro atoms. The lowest BCUT2D eigenvalue weighted by Crippen LogP contribution is -2.27. The highest BCUT2D eigenvalue weighted by Crippen LogP contribution is 2.29. The quantitative estimate of drug-likeness (QED) is 0.822. The van der Waals surface area contributed by atoms with E-state index in [-0.39, 0.29) is 13.0 Å². The molecule has 2 nitrogen and oxygen atoms in total. The van der Waals surface area contributed by atoms with E-state index in [9.17, 15) is 13.0 Å². The lowest BCUT2D eigenvalue weighted by atomic mass is 10.3. The minimum Gasteiger partial charge on any atom is -0.237 e. The predicted octanol–water partition coefficient (Wildman–Crippen LogP) is 2.81. The zero-order chi connectivity index (χ0) is 11.8. The maximum Gasteiger partial charge on any atom is 0.262 e. The Balaban J connectivity index is 2.12. The molecule has 1 aliphatic rings. The third-order valence-corrected chi connectivity index (χ3v) is 4.37. The van der Waals surface area contributed by atoms with Gasteiger partial charge in [0, 0.05) is 17.4 Å². The summed E-state index contributed by atoms with van der Waals surface area (Å²) in [6.45, 7) is -0.245. The van der Waals surface area contributed by atoms with Gasteiger partial charge < -0.3 is 0 Å². The Labute approximate surface area is 103 Å². The lowest BCUT2D eigenvalue weighted by Gasteiger charge is -2.14. The summed E-state index contributed by atoms with van der Waals surface area (Å²) in [4.78, 5) is 0.556. The molecule has 1 heterocycles. The van der Waals surface area contributed by atoms with E-state index in [0.717, 1.165) is 4.47 Å². The fourth-order valence-corrected chi connectivity index (χ4v) is 3.04. The number of alkyl halides is 2. The summed E-state index contributed by atoms with van der Waals surface area (Å²) in [5, 5.41) is 0. The molecule has 88 valence electrons. The van der Waals surface area contributed by atoms with Gasteiger partial charge >= 0.3 is 0 Å². The van der Waals surface area contributed by atoms with Crippen LogP contribution >= 0.6 is 15.9 Å². The van der Waals surface area contributed by atoms with Crippen LogP contribution in [0.2, 0.25) is 0 Å². The van der Waals surface area contributed by atoms with Crippen molar-refractivity contribution in [3.63, 3.8) is 0 Å². The van der Waals surface area contributed by atoms with Gasteiger partial charge in [0.05, 0.1) is 11.4 Å². The molecule has 0 saturated carbocycles. The van der Waals surface area contributed by atoms with Crippen LogP contribution in [0.5, 0.6) is 0 Å². The number of rotatable bonds is 2. The minimum absolute atomic E-state index is 0.176. The van der Waals surface area contributed by atoms with Crippen molar-refractivity contribution < 1.29 is 13.0 Å².